The number of nitrogens with zero attached hydrogens (tertiary/aromatic N) is 6. The molecular weight excluding hydrogens is 498 g/mol. The number of aromatic nitrogens is 3. The molecule has 3 rings (SSSR count). The first-order valence-electron chi connectivity index (χ1n) is 9.04. The molecule has 7 nitrogen and oxygen atoms in total. The van der Waals surface area contributed by atoms with Crippen molar-refractivity contribution in [3.63, 3.8) is 0 Å². The Balaban J connectivity index is 0.00000300. The van der Waals surface area contributed by atoms with Crippen LogP contribution in [0.4, 0.5) is 13.2 Å². The number of alkyl halides is 3. The van der Waals surface area contributed by atoms with Crippen molar-refractivity contribution in [2.45, 2.75) is 19.3 Å². The van der Waals surface area contributed by atoms with Gasteiger partial charge in [-0.2, -0.15) is 18.3 Å². The minimum Gasteiger partial charge on any atom is -0.349 e. The van der Waals surface area contributed by atoms with Crippen LogP contribution in [-0.2, 0) is 26.3 Å². The second kappa shape index (κ2) is 10.2. The van der Waals surface area contributed by atoms with Gasteiger partial charge >= 0.3 is 6.18 Å². The van der Waals surface area contributed by atoms with Gasteiger partial charge in [-0.3, -0.25) is 14.6 Å². The van der Waals surface area contributed by atoms with Crippen molar-refractivity contribution in [2.75, 3.05) is 33.2 Å². The molecule has 11 heteroatoms. The van der Waals surface area contributed by atoms with Crippen LogP contribution in [0.1, 0.15) is 17.0 Å². The Morgan fingerprint density at radius 1 is 1.14 bits per heavy atom. The molecule has 0 radical (unpaired) electrons. The molecule has 0 unspecified atom stereocenters. The normalized spacial score (nSPS) is 15.9. The van der Waals surface area contributed by atoms with Gasteiger partial charge in [-0.25, -0.2) is 4.98 Å². The molecule has 0 saturated carbocycles. The molecule has 0 spiro atoms. The summed E-state index contributed by atoms with van der Waals surface area (Å²) in [6.07, 6.45) is -2.78. The van der Waals surface area contributed by atoms with Crippen LogP contribution in [0.15, 0.2) is 35.6 Å². The number of aliphatic imine (C=N–C) groups is 1. The number of aryl methyl sites for hydroxylation is 1. The Bertz CT molecular complexity index is 797. The van der Waals surface area contributed by atoms with Gasteiger partial charge < -0.3 is 10.2 Å². The summed E-state index contributed by atoms with van der Waals surface area (Å²) >= 11 is 0. The highest BCUT2D eigenvalue weighted by Crippen LogP contribution is 2.29. The van der Waals surface area contributed by atoms with Gasteiger partial charge in [0.2, 0.25) is 0 Å². The lowest BCUT2D eigenvalue weighted by molar-refractivity contribution is -0.137. The molecule has 1 aromatic heterocycles. The lowest BCUT2D eigenvalue weighted by Crippen LogP contribution is -2.52. The molecule has 0 aliphatic carbocycles. The first-order valence-corrected chi connectivity index (χ1v) is 9.04. The quantitative estimate of drug-likeness (QED) is 0.379. The Hall–Kier alpha value is -1.89. The highest BCUT2D eigenvalue weighted by molar-refractivity contribution is 14.0. The predicted octanol–water partition coefficient (Wildman–Crippen LogP) is 2.35. The summed E-state index contributed by atoms with van der Waals surface area (Å²) < 4.78 is 39.7. The van der Waals surface area contributed by atoms with Gasteiger partial charge in [0.15, 0.2) is 5.96 Å². The van der Waals surface area contributed by atoms with E-state index in [0.29, 0.717) is 13.1 Å². The van der Waals surface area contributed by atoms with E-state index in [4.69, 9.17) is 0 Å². The smallest absolute Gasteiger partial charge is 0.349 e. The molecule has 29 heavy (non-hydrogen) atoms. The van der Waals surface area contributed by atoms with Gasteiger partial charge in [0.1, 0.15) is 12.2 Å². The van der Waals surface area contributed by atoms with Crippen LogP contribution in [0.3, 0.4) is 0 Å². The Morgan fingerprint density at radius 2 is 1.79 bits per heavy atom. The summed E-state index contributed by atoms with van der Waals surface area (Å²) in [5.74, 6) is 1.62. The number of hydrogen-bond acceptors (Lipinski definition) is 4. The van der Waals surface area contributed by atoms with Crippen LogP contribution in [0, 0.1) is 0 Å². The fraction of sp³-hybridized carbons (Fsp3) is 0.500. The summed E-state index contributed by atoms with van der Waals surface area (Å²) in [7, 11) is 3.58. The number of benzene rings is 1. The minimum atomic E-state index is -4.29. The van der Waals surface area contributed by atoms with E-state index in [0.717, 1.165) is 55.7 Å². The number of piperazine rings is 1. The average Bonchev–Trinajstić information content (AvgIpc) is 3.08. The van der Waals surface area contributed by atoms with E-state index in [9.17, 15) is 13.2 Å². The second-order valence-electron chi connectivity index (χ2n) is 6.66. The number of guanidine groups is 1. The Morgan fingerprint density at radius 3 is 2.31 bits per heavy atom. The van der Waals surface area contributed by atoms with Crippen molar-refractivity contribution in [1.82, 2.24) is 29.9 Å². The van der Waals surface area contributed by atoms with Crippen molar-refractivity contribution < 1.29 is 13.2 Å². The molecule has 1 N–H and O–H groups in total. The third-order valence-electron chi connectivity index (χ3n) is 4.78. The molecule has 0 amide bonds. The molecule has 1 saturated heterocycles. The number of halogens is 4. The molecule has 160 valence electrons. The number of nitrogens with one attached hydrogen (secondary N) is 1. The maximum absolute atomic E-state index is 12.7. The van der Waals surface area contributed by atoms with E-state index < -0.39 is 11.7 Å². The van der Waals surface area contributed by atoms with Crippen LogP contribution in [-0.4, -0.2) is 63.8 Å². The van der Waals surface area contributed by atoms with Crippen molar-refractivity contribution in [1.29, 1.82) is 0 Å². The van der Waals surface area contributed by atoms with E-state index >= 15 is 0 Å². The van der Waals surface area contributed by atoms with Gasteiger partial charge in [0.25, 0.3) is 0 Å². The van der Waals surface area contributed by atoms with Gasteiger partial charge in [-0.15, -0.1) is 24.0 Å². The second-order valence-corrected chi connectivity index (χ2v) is 6.66. The number of hydrogen-bond donors (Lipinski definition) is 1. The zero-order chi connectivity index (χ0) is 20.1. The van der Waals surface area contributed by atoms with Crippen LogP contribution in [0.25, 0.3) is 0 Å². The van der Waals surface area contributed by atoms with E-state index in [1.807, 2.05) is 7.05 Å². The summed E-state index contributed by atoms with van der Waals surface area (Å²) in [5, 5.41) is 7.34. The minimum absolute atomic E-state index is 0. The molecule has 0 bridgehead atoms. The van der Waals surface area contributed by atoms with Gasteiger partial charge in [-0.05, 0) is 17.7 Å². The van der Waals surface area contributed by atoms with Crippen LogP contribution in [0.5, 0.6) is 0 Å². The molecule has 0 atom stereocenters. The Labute approximate surface area is 185 Å². The standard InChI is InChI=1S/C18H24F3N7.HI/c1-22-17(23-11-16-24-13-25-26(16)2)28-9-7-27(8-10-28)12-14-3-5-15(6-4-14)18(19,20)21;/h3-6,13H,7-12H2,1-2H3,(H,22,23);1H. The molecule has 2 heterocycles. The molecule has 1 fully saturated rings. The summed E-state index contributed by atoms with van der Waals surface area (Å²) in [4.78, 5) is 12.9. The lowest BCUT2D eigenvalue weighted by atomic mass is 10.1. The highest BCUT2D eigenvalue weighted by atomic mass is 127. The largest absolute Gasteiger partial charge is 0.416 e. The van der Waals surface area contributed by atoms with Crippen molar-refractivity contribution in [3.05, 3.63) is 47.5 Å². The molecular formula is C18H25F3IN7. The van der Waals surface area contributed by atoms with Crippen LogP contribution < -0.4 is 5.32 Å². The van der Waals surface area contributed by atoms with Crippen LogP contribution >= 0.6 is 24.0 Å². The van der Waals surface area contributed by atoms with Gasteiger partial charge in [0, 0.05) is 46.8 Å². The summed E-state index contributed by atoms with van der Waals surface area (Å²) in [5.41, 5.74) is 0.269. The third-order valence-corrected chi connectivity index (χ3v) is 4.78. The van der Waals surface area contributed by atoms with E-state index in [1.165, 1.54) is 6.33 Å². The van der Waals surface area contributed by atoms with E-state index in [2.05, 4.69) is 30.2 Å². The van der Waals surface area contributed by atoms with Crippen LogP contribution in [0.2, 0.25) is 0 Å². The zero-order valence-electron chi connectivity index (χ0n) is 16.4. The van der Waals surface area contributed by atoms with Crippen molar-refractivity contribution in [2.24, 2.45) is 12.0 Å². The Kier molecular flexibility index (Phi) is 8.25. The first-order chi connectivity index (χ1) is 13.4. The fourth-order valence-electron chi connectivity index (χ4n) is 3.15. The average molecular weight is 523 g/mol. The topological polar surface area (TPSA) is 61.6 Å². The lowest BCUT2D eigenvalue weighted by Gasteiger charge is -2.36. The monoisotopic (exact) mass is 523 g/mol. The van der Waals surface area contributed by atoms with E-state index in [-0.39, 0.29) is 24.0 Å². The van der Waals surface area contributed by atoms with Crippen molar-refractivity contribution in [3.8, 4) is 0 Å². The molecule has 1 aliphatic heterocycles. The highest BCUT2D eigenvalue weighted by Gasteiger charge is 2.30. The fourth-order valence-corrected chi connectivity index (χ4v) is 3.15. The van der Waals surface area contributed by atoms with Gasteiger partial charge in [-0.1, -0.05) is 12.1 Å². The third kappa shape index (κ3) is 6.29. The number of rotatable bonds is 4. The SMILES string of the molecule is CN=C(NCc1ncnn1C)N1CCN(Cc2ccc(C(F)(F)F)cc2)CC1.I. The maximum Gasteiger partial charge on any atom is 0.416 e. The molecule has 2 aromatic rings. The van der Waals surface area contributed by atoms with Gasteiger partial charge in [0.05, 0.1) is 12.1 Å². The molecule has 1 aromatic carbocycles. The van der Waals surface area contributed by atoms with Crippen molar-refractivity contribution >= 4 is 29.9 Å². The van der Waals surface area contributed by atoms with E-state index in [1.54, 1.807) is 23.9 Å². The summed E-state index contributed by atoms with van der Waals surface area (Å²) in [6.45, 7) is 4.38. The molecule has 1 aliphatic rings. The zero-order valence-corrected chi connectivity index (χ0v) is 18.7. The predicted molar refractivity (Wildman–Crippen MR) is 115 cm³/mol. The summed E-state index contributed by atoms with van der Waals surface area (Å²) in [6, 6.07) is 5.39. The maximum atomic E-state index is 12.7. The first kappa shape index (κ1) is 23.4.